The largest absolute Gasteiger partial charge is 0.497 e. The molecule has 1 aliphatic rings. The average Bonchev–Trinajstić information content (AvgIpc) is 2.88. The van der Waals surface area contributed by atoms with E-state index in [2.05, 4.69) is 18.7 Å². The molecule has 128 valence electrons. The maximum absolute atomic E-state index is 11.9. The predicted molar refractivity (Wildman–Crippen MR) is 104 cm³/mol. The Balaban J connectivity index is 2.12. The fraction of sp³-hybridized carbons (Fsp3) is 0.190. The van der Waals surface area contributed by atoms with Gasteiger partial charge in [0.15, 0.2) is 0 Å². The quantitative estimate of drug-likeness (QED) is 0.629. The lowest BCUT2D eigenvalue weighted by Gasteiger charge is -2.07. The molecule has 4 heteroatoms. The number of fused-ring (bicyclic) bond motifs is 1. The van der Waals surface area contributed by atoms with Crippen molar-refractivity contribution in [2.75, 3.05) is 14.2 Å². The van der Waals surface area contributed by atoms with Crippen LogP contribution < -0.4 is 4.74 Å². The smallest absolute Gasteiger partial charge is 0.310 e. The Morgan fingerprint density at radius 2 is 1.80 bits per heavy atom. The first kappa shape index (κ1) is 17.4. The second-order valence-corrected chi connectivity index (χ2v) is 6.43. The first-order chi connectivity index (χ1) is 12.0. The number of hydrogen-bond acceptors (Lipinski definition) is 4. The summed E-state index contributed by atoms with van der Waals surface area (Å²) in [6.07, 6.45) is 2.38. The van der Waals surface area contributed by atoms with E-state index in [1.165, 1.54) is 7.11 Å². The second-order valence-electron chi connectivity index (χ2n) is 5.92. The van der Waals surface area contributed by atoms with Crippen molar-refractivity contribution in [3.8, 4) is 5.75 Å². The van der Waals surface area contributed by atoms with E-state index in [0.29, 0.717) is 0 Å². The number of benzene rings is 2. The molecule has 3 rings (SSSR count). The van der Waals surface area contributed by atoms with Gasteiger partial charge in [-0.25, -0.2) is 0 Å². The molecule has 3 nitrogen and oxygen atoms in total. The summed E-state index contributed by atoms with van der Waals surface area (Å²) in [5.74, 6) is 0.526. The Labute approximate surface area is 153 Å². The molecule has 0 aromatic heterocycles. The summed E-state index contributed by atoms with van der Waals surface area (Å²) in [4.78, 5) is 12.8. The monoisotopic (exact) mass is 352 g/mol. The van der Waals surface area contributed by atoms with Gasteiger partial charge in [-0.05, 0) is 70.7 Å². The van der Waals surface area contributed by atoms with Gasteiger partial charge >= 0.3 is 5.97 Å². The van der Waals surface area contributed by atoms with Crippen molar-refractivity contribution in [2.24, 2.45) is 0 Å². The van der Waals surface area contributed by atoms with Gasteiger partial charge in [-0.15, -0.1) is 12.6 Å². The summed E-state index contributed by atoms with van der Waals surface area (Å²) in [7, 11) is 3.05. The van der Waals surface area contributed by atoms with Crippen LogP contribution in [0.25, 0.3) is 17.2 Å². The number of methoxy groups -OCH3 is 2. The molecule has 1 aliphatic carbocycles. The van der Waals surface area contributed by atoms with Crippen molar-refractivity contribution in [3.05, 3.63) is 64.7 Å². The van der Waals surface area contributed by atoms with E-state index >= 15 is 0 Å². The highest BCUT2D eigenvalue weighted by molar-refractivity contribution is 7.80. The Bertz CT molecular complexity index is 877. The summed E-state index contributed by atoms with van der Waals surface area (Å²) < 4.78 is 10.2. The second kappa shape index (κ2) is 7.19. The van der Waals surface area contributed by atoms with Crippen LogP contribution >= 0.6 is 12.6 Å². The van der Waals surface area contributed by atoms with E-state index < -0.39 is 0 Å². The van der Waals surface area contributed by atoms with Gasteiger partial charge < -0.3 is 9.47 Å². The molecular formula is C21H20O3S. The van der Waals surface area contributed by atoms with Crippen molar-refractivity contribution >= 4 is 35.8 Å². The van der Waals surface area contributed by atoms with Gasteiger partial charge in [0.05, 0.1) is 20.6 Å². The van der Waals surface area contributed by atoms with Gasteiger partial charge in [-0.1, -0.05) is 18.2 Å². The van der Waals surface area contributed by atoms with E-state index in [4.69, 9.17) is 9.47 Å². The summed E-state index contributed by atoms with van der Waals surface area (Å²) in [5, 5.41) is 0. The van der Waals surface area contributed by atoms with E-state index in [1.807, 2.05) is 49.4 Å². The molecule has 25 heavy (non-hydrogen) atoms. The van der Waals surface area contributed by atoms with Crippen molar-refractivity contribution in [1.29, 1.82) is 0 Å². The number of carbonyl (C=O) groups excluding carboxylic acids is 1. The Hall–Kier alpha value is -2.46. The fourth-order valence-corrected chi connectivity index (χ4v) is 3.22. The summed E-state index contributed by atoms with van der Waals surface area (Å²) in [5.41, 5.74) is 6.41. The Morgan fingerprint density at radius 1 is 1.08 bits per heavy atom. The molecule has 0 N–H and O–H groups in total. The minimum atomic E-state index is -0.246. The van der Waals surface area contributed by atoms with E-state index in [-0.39, 0.29) is 12.4 Å². The third-order valence-electron chi connectivity index (χ3n) is 4.45. The van der Waals surface area contributed by atoms with Crippen LogP contribution in [0.15, 0.2) is 52.9 Å². The lowest BCUT2D eigenvalue weighted by Crippen LogP contribution is -2.01. The van der Waals surface area contributed by atoms with Gasteiger partial charge in [-0.3, -0.25) is 4.79 Å². The minimum absolute atomic E-state index is 0.245. The highest BCUT2D eigenvalue weighted by atomic mass is 32.1. The third kappa shape index (κ3) is 3.49. The van der Waals surface area contributed by atoms with Crippen molar-refractivity contribution < 1.29 is 14.3 Å². The summed E-state index contributed by atoms with van der Waals surface area (Å²) >= 11 is 4.33. The van der Waals surface area contributed by atoms with Crippen LogP contribution in [-0.2, 0) is 9.53 Å². The number of esters is 1. The predicted octanol–water partition coefficient (Wildman–Crippen LogP) is 4.87. The van der Waals surface area contributed by atoms with E-state index in [0.717, 1.165) is 44.1 Å². The average molecular weight is 352 g/mol. The number of thiol groups is 1. The molecule has 2 aromatic carbocycles. The number of carbonyl (C=O) groups is 1. The highest BCUT2D eigenvalue weighted by Gasteiger charge is 2.26. The SMILES string of the molecule is COC(=O)CC1=C(C)/C(=C/c2ccc(S)cc2)c2ccc(OC)cc21. The van der Waals surface area contributed by atoms with Gasteiger partial charge in [-0.2, -0.15) is 0 Å². The maximum Gasteiger partial charge on any atom is 0.310 e. The van der Waals surface area contributed by atoms with Crippen LogP contribution in [-0.4, -0.2) is 20.2 Å². The third-order valence-corrected chi connectivity index (χ3v) is 4.75. The van der Waals surface area contributed by atoms with Crippen molar-refractivity contribution in [1.82, 2.24) is 0 Å². The molecule has 0 bridgehead atoms. The molecule has 0 fully saturated rings. The zero-order chi connectivity index (χ0) is 18.0. The lowest BCUT2D eigenvalue weighted by atomic mass is 10.0. The minimum Gasteiger partial charge on any atom is -0.497 e. The first-order valence-corrected chi connectivity index (χ1v) is 8.44. The van der Waals surface area contributed by atoms with Crippen LogP contribution in [0.1, 0.15) is 30.0 Å². The summed E-state index contributed by atoms with van der Waals surface area (Å²) in [6.45, 7) is 2.05. The van der Waals surface area contributed by atoms with Crippen LogP contribution in [0.3, 0.4) is 0 Å². The molecule has 0 unspecified atom stereocenters. The number of ether oxygens (including phenoxy) is 2. The molecule has 0 spiro atoms. The van der Waals surface area contributed by atoms with E-state index in [9.17, 15) is 4.79 Å². The fourth-order valence-electron chi connectivity index (χ4n) is 3.07. The standard InChI is InChI=1S/C21H20O3S/c1-13-18(10-14-4-7-16(25)8-5-14)17-9-6-15(23-2)11-20(17)19(13)12-21(22)24-3/h4-11,25H,12H2,1-3H3/b18-10-. The van der Waals surface area contributed by atoms with Gasteiger partial charge in [0.25, 0.3) is 0 Å². The highest BCUT2D eigenvalue weighted by Crippen LogP contribution is 2.44. The number of allylic oxidation sites excluding steroid dienone is 2. The molecule has 0 radical (unpaired) electrons. The lowest BCUT2D eigenvalue weighted by molar-refractivity contribution is -0.139. The van der Waals surface area contributed by atoms with Crippen LogP contribution in [0.2, 0.25) is 0 Å². The van der Waals surface area contributed by atoms with Crippen molar-refractivity contribution in [2.45, 2.75) is 18.2 Å². The van der Waals surface area contributed by atoms with Gasteiger partial charge in [0.2, 0.25) is 0 Å². The van der Waals surface area contributed by atoms with Gasteiger partial charge in [0.1, 0.15) is 5.75 Å². The maximum atomic E-state index is 11.9. The van der Waals surface area contributed by atoms with Gasteiger partial charge in [0, 0.05) is 4.90 Å². The molecule has 0 amide bonds. The van der Waals surface area contributed by atoms with Crippen LogP contribution in [0.5, 0.6) is 5.75 Å². The molecule has 0 saturated carbocycles. The summed E-state index contributed by atoms with van der Waals surface area (Å²) in [6, 6.07) is 14.0. The van der Waals surface area contributed by atoms with E-state index in [1.54, 1.807) is 7.11 Å². The van der Waals surface area contributed by atoms with Crippen molar-refractivity contribution in [3.63, 3.8) is 0 Å². The molecular weight excluding hydrogens is 332 g/mol. The zero-order valence-corrected chi connectivity index (χ0v) is 15.4. The molecule has 0 aliphatic heterocycles. The van der Waals surface area contributed by atoms with Crippen LogP contribution in [0.4, 0.5) is 0 Å². The zero-order valence-electron chi connectivity index (χ0n) is 14.5. The molecule has 0 atom stereocenters. The normalized spacial score (nSPS) is 14.6. The Morgan fingerprint density at radius 3 is 2.44 bits per heavy atom. The molecule has 0 saturated heterocycles. The topological polar surface area (TPSA) is 35.5 Å². The molecule has 0 heterocycles. The number of hydrogen-bond donors (Lipinski definition) is 1. The first-order valence-electron chi connectivity index (χ1n) is 8.00. The Kier molecular flexibility index (Phi) is 5.00. The van der Waals surface area contributed by atoms with Crippen LogP contribution in [0, 0.1) is 0 Å². The molecule has 2 aromatic rings. The number of rotatable bonds is 4.